The molecule has 0 spiro atoms. The zero-order chi connectivity index (χ0) is 32.0. The molecular formula is C28H24F6N8O3. The minimum atomic E-state index is -5.08. The largest absolute Gasteiger partial charge is 0.490 e. The molecule has 5 heterocycles. The summed E-state index contributed by atoms with van der Waals surface area (Å²) < 4.78 is 75.3. The van der Waals surface area contributed by atoms with Crippen LogP contribution in [-0.2, 0) is 11.3 Å². The van der Waals surface area contributed by atoms with Crippen molar-refractivity contribution < 1.29 is 41.4 Å². The maximum atomic E-state index is 14.2. The number of piperidine rings is 1. The van der Waals surface area contributed by atoms with Crippen LogP contribution >= 0.6 is 0 Å². The van der Waals surface area contributed by atoms with Gasteiger partial charge >= 0.3 is 12.1 Å². The zero-order valence-corrected chi connectivity index (χ0v) is 23.1. The number of halogens is 6. The van der Waals surface area contributed by atoms with Crippen molar-refractivity contribution >= 4 is 39.9 Å². The van der Waals surface area contributed by atoms with Crippen LogP contribution in [0.25, 0.3) is 27.9 Å². The number of carbonyl (C=O) groups is 1. The van der Waals surface area contributed by atoms with Crippen molar-refractivity contribution in [1.82, 2.24) is 29.5 Å². The second-order valence-electron chi connectivity index (χ2n) is 10.7. The summed E-state index contributed by atoms with van der Waals surface area (Å²) in [5, 5.41) is 20.6. The van der Waals surface area contributed by atoms with Crippen LogP contribution in [0.15, 0.2) is 42.7 Å². The quantitative estimate of drug-likeness (QED) is 0.200. The van der Waals surface area contributed by atoms with Gasteiger partial charge in [0.15, 0.2) is 28.6 Å². The molecule has 3 aromatic heterocycles. The Morgan fingerprint density at radius 2 is 1.73 bits per heavy atom. The third-order valence-corrected chi connectivity index (χ3v) is 7.67. The molecule has 2 aromatic carbocycles. The van der Waals surface area contributed by atoms with Gasteiger partial charge in [0.2, 0.25) is 5.95 Å². The van der Waals surface area contributed by atoms with Gasteiger partial charge in [-0.05, 0) is 56.0 Å². The average Bonchev–Trinajstić information content (AvgIpc) is 3.68. The van der Waals surface area contributed by atoms with E-state index in [0.29, 0.717) is 52.8 Å². The summed E-state index contributed by atoms with van der Waals surface area (Å²) >= 11 is 0. The van der Waals surface area contributed by atoms with Gasteiger partial charge < -0.3 is 25.4 Å². The van der Waals surface area contributed by atoms with Crippen LogP contribution < -0.4 is 10.2 Å². The van der Waals surface area contributed by atoms with Crippen molar-refractivity contribution in [2.24, 2.45) is 0 Å². The van der Waals surface area contributed by atoms with Crippen molar-refractivity contribution in [3.63, 3.8) is 0 Å². The molecule has 0 amide bonds. The molecule has 2 aliphatic rings. The first kappa shape index (κ1) is 30.1. The highest BCUT2D eigenvalue weighted by atomic mass is 19.4. The number of aromatic nitrogens is 6. The number of rotatable bonds is 5. The maximum Gasteiger partial charge on any atom is 0.490 e. The lowest BCUT2D eigenvalue weighted by Crippen LogP contribution is -2.45. The van der Waals surface area contributed by atoms with Crippen LogP contribution in [-0.4, -0.2) is 70.0 Å². The number of nitrogens with zero attached hydrogens (tertiary/aromatic N) is 6. The Morgan fingerprint density at radius 1 is 1.02 bits per heavy atom. The summed E-state index contributed by atoms with van der Waals surface area (Å²) in [6.07, 6.45) is -0.694. The molecule has 0 radical (unpaired) electrons. The highest BCUT2D eigenvalue weighted by molar-refractivity contribution is 5.86. The molecule has 45 heavy (non-hydrogen) atoms. The van der Waals surface area contributed by atoms with Crippen LogP contribution in [0.1, 0.15) is 31.5 Å². The van der Waals surface area contributed by atoms with Gasteiger partial charge in [-0.1, -0.05) is 6.07 Å². The number of aliphatic hydroxyl groups excluding tert-OH is 1. The SMILES string of the molecule is O=C(O)C(F)(F)F.OC1CC2CC[C@H](C1)N2c1nc(NCc2nc3c(F)c(F)ccc3[nH]2)c2ncn(-c3cccc(F)c3)c2n1. The average molecular weight is 635 g/mol. The first-order valence-electron chi connectivity index (χ1n) is 13.7. The predicted octanol–water partition coefficient (Wildman–Crippen LogP) is 4.85. The molecular weight excluding hydrogens is 610 g/mol. The number of anilines is 2. The van der Waals surface area contributed by atoms with Crippen LogP contribution in [0.5, 0.6) is 0 Å². The molecule has 2 bridgehead atoms. The number of hydrogen-bond acceptors (Lipinski definition) is 8. The first-order valence-corrected chi connectivity index (χ1v) is 13.7. The number of aromatic amines is 1. The lowest BCUT2D eigenvalue weighted by molar-refractivity contribution is -0.192. The van der Waals surface area contributed by atoms with Crippen molar-refractivity contribution in [1.29, 1.82) is 0 Å². The number of aliphatic carboxylic acids is 1. The van der Waals surface area contributed by atoms with E-state index in [1.165, 1.54) is 18.2 Å². The third-order valence-electron chi connectivity index (χ3n) is 7.67. The monoisotopic (exact) mass is 634 g/mol. The summed E-state index contributed by atoms with van der Waals surface area (Å²) in [4.78, 5) is 32.4. The Kier molecular flexibility index (Phi) is 7.72. The van der Waals surface area contributed by atoms with Crippen LogP contribution in [0.4, 0.5) is 38.1 Å². The maximum absolute atomic E-state index is 14.2. The van der Waals surface area contributed by atoms with Crippen LogP contribution in [0, 0.1) is 17.5 Å². The van der Waals surface area contributed by atoms with Gasteiger partial charge in [0.25, 0.3) is 0 Å². The van der Waals surface area contributed by atoms with Crippen molar-refractivity contribution in [2.45, 2.75) is 56.6 Å². The topological polar surface area (TPSA) is 145 Å². The molecule has 11 nitrogen and oxygen atoms in total. The van der Waals surface area contributed by atoms with Crippen molar-refractivity contribution in [2.75, 3.05) is 10.2 Å². The van der Waals surface area contributed by atoms with Gasteiger partial charge in [0, 0.05) is 12.1 Å². The highest BCUT2D eigenvalue weighted by Gasteiger charge is 2.42. The zero-order valence-electron chi connectivity index (χ0n) is 23.1. The van der Waals surface area contributed by atoms with Gasteiger partial charge in [0.1, 0.15) is 23.5 Å². The second kappa shape index (κ2) is 11.5. The Bertz CT molecular complexity index is 1880. The van der Waals surface area contributed by atoms with Crippen molar-refractivity contribution in [3.8, 4) is 5.69 Å². The molecule has 236 valence electrons. The normalized spacial score (nSPS) is 19.5. The van der Waals surface area contributed by atoms with Crippen molar-refractivity contribution in [3.05, 3.63) is 66.0 Å². The highest BCUT2D eigenvalue weighted by Crippen LogP contribution is 2.39. The fourth-order valence-corrected chi connectivity index (χ4v) is 5.74. The van der Waals surface area contributed by atoms with Gasteiger partial charge in [-0.2, -0.15) is 23.1 Å². The fraction of sp³-hybridized carbons (Fsp3) is 0.321. The number of benzene rings is 2. The summed E-state index contributed by atoms with van der Waals surface area (Å²) in [7, 11) is 0. The number of carboxylic acid groups (broad SMARTS) is 1. The van der Waals surface area contributed by atoms with E-state index in [1.54, 1.807) is 23.0 Å². The van der Waals surface area contributed by atoms with Crippen LogP contribution in [0.3, 0.4) is 0 Å². The van der Waals surface area contributed by atoms with E-state index in [0.717, 1.165) is 18.9 Å². The molecule has 2 aliphatic heterocycles. The summed E-state index contributed by atoms with van der Waals surface area (Å²) in [5.74, 6) is -3.79. The van der Waals surface area contributed by atoms with E-state index in [-0.39, 0.29) is 36.1 Å². The number of fused-ring (bicyclic) bond motifs is 4. The molecule has 17 heteroatoms. The number of H-pyrrole nitrogens is 1. The van der Waals surface area contributed by atoms with E-state index in [9.17, 15) is 31.4 Å². The number of nitrogens with one attached hydrogen (secondary N) is 2. The van der Waals surface area contributed by atoms with E-state index >= 15 is 0 Å². The lowest BCUT2D eigenvalue weighted by atomic mass is 10.0. The summed E-state index contributed by atoms with van der Waals surface area (Å²) in [6, 6.07) is 8.88. The Morgan fingerprint density at radius 3 is 2.40 bits per heavy atom. The standard InChI is InChI=1S/C26H23F3N8O.C2HF3O2/c27-13-2-1-3-14(8-13)36-12-31-23-24(30-11-20-32-19-7-6-18(28)21(29)22(19)33-20)34-26(35-25(23)36)37-15-4-5-16(37)10-17(38)9-15;3-2(4,5)1(6)7/h1-3,6-8,12,15-17,38H,4-5,9-11H2,(H,32,33)(H,30,34,35);(H,6,7)/t15-,16?,17?;/m1./s1. The second-order valence-corrected chi connectivity index (χ2v) is 10.7. The lowest BCUT2D eigenvalue weighted by Gasteiger charge is -2.37. The van der Waals surface area contributed by atoms with Gasteiger partial charge in [-0.3, -0.25) is 4.57 Å². The molecule has 2 fully saturated rings. The van der Waals surface area contributed by atoms with Gasteiger partial charge in [-0.25, -0.2) is 27.9 Å². The number of aliphatic hydroxyl groups is 1. The van der Waals surface area contributed by atoms with E-state index in [1.807, 2.05) is 0 Å². The predicted molar refractivity (Wildman–Crippen MR) is 148 cm³/mol. The van der Waals surface area contributed by atoms with E-state index in [4.69, 9.17) is 19.9 Å². The molecule has 0 aliphatic carbocycles. The van der Waals surface area contributed by atoms with Gasteiger partial charge in [0.05, 0.1) is 23.9 Å². The smallest absolute Gasteiger partial charge is 0.475 e. The van der Waals surface area contributed by atoms with Crippen LogP contribution in [0.2, 0.25) is 0 Å². The van der Waals surface area contributed by atoms with E-state index < -0.39 is 23.8 Å². The first-order chi connectivity index (χ1) is 21.4. The Balaban J connectivity index is 0.000000460. The minimum absolute atomic E-state index is 0.0749. The Labute approximate surface area is 249 Å². The Hall–Kier alpha value is -4.93. The molecule has 5 aromatic rings. The fourth-order valence-electron chi connectivity index (χ4n) is 5.74. The van der Waals surface area contributed by atoms with Gasteiger partial charge in [-0.15, -0.1) is 0 Å². The number of imidazole rings is 2. The number of carboxylic acids is 1. The summed E-state index contributed by atoms with van der Waals surface area (Å²) in [6.45, 7) is 0.139. The van der Waals surface area contributed by atoms with E-state index in [2.05, 4.69) is 25.2 Å². The summed E-state index contributed by atoms with van der Waals surface area (Å²) in [5.41, 5.74) is 1.83. The third kappa shape index (κ3) is 5.94. The molecule has 2 unspecified atom stereocenters. The molecule has 2 saturated heterocycles. The molecule has 3 atom stereocenters. The number of alkyl halides is 3. The molecule has 7 rings (SSSR count). The molecule has 4 N–H and O–H groups in total. The molecule has 0 saturated carbocycles. The number of hydrogen-bond donors (Lipinski definition) is 4. The minimum Gasteiger partial charge on any atom is -0.475 e.